The highest BCUT2D eigenvalue weighted by Gasteiger charge is 2.33. The van der Waals surface area contributed by atoms with Gasteiger partial charge in [0.2, 0.25) is 15.9 Å². The molecule has 7 heteroatoms. The first kappa shape index (κ1) is 20.5. The van der Waals surface area contributed by atoms with Gasteiger partial charge in [-0.05, 0) is 62.9 Å². The van der Waals surface area contributed by atoms with E-state index >= 15 is 0 Å². The predicted octanol–water partition coefficient (Wildman–Crippen LogP) is 3.79. The van der Waals surface area contributed by atoms with E-state index in [1.807, 2.05) is 19.9 Å². The molecule has 1 aliphatic heterocycles. The zero-order chi connectivity index (χ0) is 20.5. The summed E-state index contributed by atoms with van der Waals surface area (Å²) in [5.41, 5.74) is 2.74. The van der Waals surface area contributed by atoms with Crippen LogP contribution in [0, 0.1) is 32.5 Å². The van der Waals surface area contributed by atoms with Crippen LogP contribution in [0.4, 0.5) is 10.1 Å². The van der Waals surface area contributed by atoms with Crippen LogP contribution < -0.4 is 5.32 Å². The van der Waals surface area contributed by atoms with Crippen LogP contribution in [0.25, 0.3) is 0 Å². The Morgan fingerprint density at radius 1 is 1.04 bits per heavy atom. The van der Waals surface area contributed by atoms with E-state index in [1.54, 1.807) is 31.2 Å². The zero-order valence-electron chi connectivity index (χ0n) is 16.3. The molecule has 5 nitrogen and oxygen atoms in total. The van der Waals surface area contributed by atoms with Crippen LogP contribution in [0.3, 0.4) is 0 Å². The van der Waals surface area contributed by atoms with Gasteiger partial charge in [0.15, 0.2) is 0 Å². The third-order valence-corrected chi connectivity index (χ3v) is 7.21. The van der Waals surface area contributed by atoms with Gasteiger partial charge in [-0.1, -0.05) is 23.8 Å². The Kier molecular flexibility index (Phi) is 5.86. The summed E-state index contributed by atoms with van der Waals surface area (Å²) in [7, 11) is -3.59. The molecular formula is C21H25FN2O3S. The number of carbonyl (C=O) groups excluding carboxylic acids is 1. The molecular weight excluding hydrogens is 379 g/mol. The van der Waals surface area contributed by atoms with Gasteiger partial charge in [0.05, 0.1) is 10.6 Å². The van der Waals surface area contributed by atoms with Crippen molar-refractivity contribution >= 4 is 21.6 Å². The Balaban J connectivity index is 1.66. The van der Waals surface area contributed by atoms with Crippen molar-refractivity contribution in [3.05, 3.63) is 58.9 Å². The second-order valence-corrected chi connectivity index (χ2v) is 9.33. The molecule has 2 aromatic carbocycles. The summed E-state index contributed by atoms with van der Waals surface area (Å²) in [4.78, 5) is 12.8. The summed E-state index contributed by atoms with van der Waals surface area (Å²) >= 11 is 0. The van der Waals surface area contributed by atoms with Gasteiger partial charge in [0.25, 0.3) is 0 Å². The molecule has 0 saturated carbocycles. The van der Waals surface area contributed by atoms with E-state index in [2.05, 4.69) is 5.32 Å². The van der Waals surface area contributed by atoms with E-state index in [-0.39, 0.29) is 30.6 Å². The number of hydrogen-bond donors (Lipinski definition) is 1. The van der Waals surface area contributed by atoms with Crippen LogP contribution >= 0.6 is 0 Å². The molecule has 0 bridgehead atoms. The third-order valence-electron chi connectivity index (χ3n) is 5.15. The number of piperidine rings is 1. The largest absolute Gasteiger partial charge is 0.323 e. The van der Waals surface area contributed by atoms with Crippen molar-refractivity contribution in [3.8, 4) is 0 Å². The minimum Gasteiger partial charge on any atom is -0.323 e. The Labute approximate surface area is 165 Å². The van der Waals surface area contributed by atoms with E-state index < -0.39 is 15.8 Å². The Bertz CT molecular complexity index is 997. The molecule has 1 saturated heterocycles. The monoisotopic (exact) mass is 404 g/mol. The molecule has 1 heterocycles. The van der Waals surface area contributed by atoms with Crippen LogP contribution in [0.2, 0.25) is 0 Å². The SMILES string of the molecule is Cc1ccc(S(=O)(=O)N2CCC(C(=O)Nc3cc(C)ccc3F)CC2)c(C)c1. The molecule has 0 radical (unpaired) electrons. The number of amides is 1. The number of carbonyl (C=O) groups is 1. The molecule has 0 aliphatic carbocycles. The van der Waals surface area contributed by atoms with E-state index in [4.69, 9.17) is 0 Å². The van der Waals surface area contributed by atoms with Crippen molar-refractivity contribution in [1.82, 2.24) is 4.31 Å². The molecule has 0 unspecified atom stereocenters. The third kappa shape index (κ3) is 4.25. The number of aryl methyl sites for hydroxylation is 3. The second-order valence-electron chi connectivity index (χ2n) is 7.42. The lowest BCUT2D eigenvalue weighted by molar-refractivity contribution is -0.120. The van der Waals surface area contributed by atoms with Crippen LogP contribution in [0.5, 0.6) is 0 Å². The number of nitrogens with one attached hydrogen (secondary N) is 1. The summed E-state index contributed by atoms with van der Waals surface area (Å²) < 4.78 is 41.2. The summed E-state index contributed by atoms with van der Waals surface area (Å²) in [6, 6.07) is 9.83. The Morgan fingerprint density at radius 2 is 1.64 bits per heavy atom. The van der Waals surface area contributed by atoms with Crippen molar-refractivity contribution in [2.75, 3.05) is 18.4 Å². The summed E-state index contributed by atoms with van der Waals surface area (Å²) in [5.74, 6) is -1.09. The standard InChI is InChI=1S/C21H25FN2O3S/c1-14-5-7-20(16(3)12-14)28(26,27)24-10-8-17(9-11-24)21(25)23-19-13-15(2)4-6-18(19)22/h4-7,12-13,17H,8-11H2,1-3H3,(H,23,25). The number of anilines is 1. The van der Waals surface area contributed by atoms with Crippen molar-refractivity contribution in [2.24, 2.45) is 5.92 Å². The first-order valence-electron chi connectivity index (χ1n) is 9.33. The number of halogens is 1. The number of benzene rings is 2. The topological polar surface area (TPSA) is 66.5 Å². The zero-order valence-corrected chi connectivity index (χ0v) is 17.1. The van der Waals surface area contributed by atoms with Gasteiger partial charge in [-0.25, -0.2) is 12.8 Å². The molecule has 3 rings (SSSR count). The Morgan fingerprint density at radius 3 is 2.29 bits per heavy atom. The molecule has 1 fully saturated rings. The first-order chi connectivity index (χ1) is 13.2. The van der Waals surface area contributed by atoms with E-state index in [0.29, 0.717) is 17.7 Å². The van der Waals surface area contributed by atoms with Gasteiger partial charge in [0.1, 0.15) is 5.82 Å². The number of sulfonamides is 1. The van der Waals surface area contributed by atoms with Crippen LogP contribution in [-0.4, -0.2) is 31.7 Å². The van der Waals surface area contributed by atoms with Gasteiger partial charge in [-0.15, -0.1) is 0 Å². The van der Waals surface area contributed by atoms with Crippen LogP contribution in [0.15, 0.2) is 41.3 Å². The Hall–Kier alpha value is -2.25. The van der Waals surface area contributed by atoms with E-state index in [1.165, 1.54) is 10.4 Å². The maximum atomic E-state index is 13.9. The molecule has 1 aliphatic rings. The van der Waals surface area contributed by atoms with Crippen molar-refractivity contribution in [2.45, 2.75) is 38.5 Å². The van der Waals surface area contributed by atoms with E-state index in [0.717, 1.165) is 16.7 Å². The van der Waals surface area contributed by atoms with Gasteiger partial charge in [-0.2, -0.15) is 4.31 Å². The first-order valence-corrected chi connectivity index (χ1v) is 10.8. The lowest BCUT2D eigenvalue weighted by Crippen LogP contribution is -2.41. The van der Waals surface area contributed by atoms with Gasteiger partial charge < -0.3 is 5.32 Å². The normalized spacial score (nSPS) is 16.1. The maximum absolute atomic E-state index is 13.9. The van der Waals surface area contributed by atoms with Crippen LogP contribution in [-0.2, 0) is 14.8 Å². The lowest BCUT2D eigenvalue weighted by Gasteiger charge is -2.31. The minimum atomic E-state index is -3.59. The molecule has 1 N–H and O–H groups in total. The van der Waals surface area contributed by atoms with Crippen molar-refractivity contribution in [3.63, 3.8) is 0 Å². The smallest absolute Gasteiger partial charge is 0.243 e. The predicted molar refractivity (Wildman–Crippen MR) is 107 cm³/mol. The fraction of sp³-hybridized carbons (Fsp3) is 0.381. The highest BCUT2D eigenvalue weighted by atomic mass is 32.2. The molecule has 0 aromatic heterocycles. The van der Waals surface area contributed by atoms with Crippen molar-refractivity contribution in [1.29, 1.82) is 0 Å². The molecule has 150 valence electrons. The highest BCUT2D eigenvalue weighted by Crippen LogP contribution is 2.27. The molecule has 0 spiro atoms. The average Bonchev–Trinajstić information content (AvgIpc) is 2.64. The molecule has 1 amide bonds. The lowest BCUT2D eigenvalue weighted by atomic mass is 9.97. The summed E-state index contributed by atoms with van der Waals surface area (Å²) in [6.45, 7) is 6.07. The summed E-state index contributed by atoms with van der Waals surface area (Å²) in [6.07, 6.45) is 0.812. The van der Waals surface area contributed by atoms with Gasteiger partial charge in [-0.3, -0.25) is 4.79 Å². The van der Waals surface area contributed by atoms with Gasteiger partial charge in [0, 0.05) is 19.0 Å². The number of hydrogen-bond acceptors (Lipinski definition) is 3. The molecule has 0 atom stereocenters. The molecule has 2 aromatic rings. The number of nitrogens with zero attached hydrogens (tertiary/aromatic N) is 1. The highest BCUT2D eigenvalue weighted by molar-refractivity contribution is 7.89. The van der Waals surface area contributed by atoms with Crippen molar-refractivity contribution < 1.29 is 17.6 Å². The number of rotatable bonds is 4. The summed E-state index contributed by atoms with van der Waals surface area (Å²) in [5, 5.41) is 2.64. The molecule has 28 heavy (non-hydrogen) atoms. The maximum Gasteiger partial charge on any atom is 0.243 e. The average molecular weight is 405 g/mol. The fourth-order valence-corrected chi connectivity index (χ4v) is 5.23. The second kappa shape index (κ2) is 8.01. The van der Waals surface area contributed by atoms with Crippen LogP contribution in [0.1, 0.15) is 29.5 Å². The minimum absolute atomic E-state index is 0.162. The quantitative estimate of drug-likeness (QED) is 0.843. The van der Waals surface area contributed by atoms with Gasteiger partial charge >= 0.3 is 0 Å². The van der Waals surface area contributed by atoms with E-state index in [9.17, 15) is 17.6 Å². The fourth-order valence-electron chi connectivity index (χ4n) is 3.56.